The molecule has 1 fully saturated rings. The van der Waals surface area contributed by atoms with E-state index in [0.29, 0.717) is 11.4 Å². The first-order chi connectivity index (χ1) is 15.0. The molecule has 3 aromatic rings. The molecule has 0 radical (unpaired) electrons. The first-order valence-electron chi connectivity index (χ1n) is 9.63. The summed E-state index contributed by atoms with van der Waals surface area (Å²) in [7, 11) is 0. The minimum atomic E-state index is -0.661. The summed E-state index contributed by atoms with van der Waals surface area (Å²) in [5, 5.41) is 15.6. The van der Waals surface area contributed by atoms with Crippen LogP contribution in [0.2, 0.25) is 0 Å². The third kappa shape index (κ3) is 4.97. The highest BCUT2D eigenvalue weighted by Crippen LogP contribution is 2.23. The van der Waals surface area contributed by atoms with Gasteiger partial charge in [0.1, 0.15) is 11.1 Å². The molecule has 0 aromatic heterocycles. The molecule has 1 saturated heterocycles. The van der Waals surface area contributed by atoms with Crippen molar-refractivity contribution in [2.24, 2.45) is 10.2 Å². The van der Waals surface area contributed by atoms with Crippen molar-refractivity contribution in [1.29, 1.82) is 0 Å². The van der Waals surface area contributed by atoms with Crippen LogP contribution in [0.4, 0.5) is 10.1 Å². The summed E-state index contributed by atoms with van der Waals surface area (Å²) in [6.07, 6.45) is 0.0166. The molecule has 31 heavy (non-hydrogen) atoms. The first kappa shape index (κ1) is 20.7. The van der Waals surface area contributed by atoms with E-state index in [9.17, 15) is 14.0 Å². The quantitative estimate of drug-likeness (QED) is 0.474. The summed E-state index contributed by atoms with van der Waals surface area (Å²) in [5.41, 5.74) is 2.10. The van der Waals surface area contributed by atoms with Crippen molar-refractivity contribution in [3.63, 3.8) is 0 Å². The lowest BCUT2D eigenvalue weighted by Gasteiger charge is -2.21. The second-order valence-electron chi connectivity index (χ2n) is 6.97. The van der Waals surface area contributed by atoms with Crippen molar-refractivity contribution in [1.82, 2.24) is 5.32 Å². The number of thioether (sulfide) groups is 1. The van der Waals surface area contributed by atoms with Gasteiger partial charge < -0.3 is 10.6 Å². The van der Waals surface area contributed by atoms with Crippen molar-refractivity contribution in [2.75, 3.05) is 5.32 Å². The second-order valence-corrected chi connectivity index (χ2v) is 8.16. The standard InChI is InChI=1S/C23H19FN4O2S/c1-14(18-8-4-6-15-5-2-3-7-19(15)18)27-28-23-26-21(29)13-20(31-23)22(30)25-17-11-9-16(24)10-12-17/h2-12,20H,13H2,1H3,(H,25,30)(H,26,28,29)/b27-14-/t20-/m1/s1. The van der Waals surface area contributed by atoms with Crippen LogP contribution in [0.1, 0.15) is 18.9 Å². The molecule has 0 bridgehead atoms. The highest BCUT2D eigenvalue weighted by atomic mass is 32.2. The molecule has 1 aliphatic rings. The van der Waals surface area contributed by atoms with Gasteiger partial charge in [0.15, 0.2) is 5.17 Å². The molecule has 2 N–H and O–H groups in total. The van der Waals surface area contributed by atoms with Crippen LogP contribution in [0.3, 0.4) is 0 Å². The van der Waals surface area contributed by atoms with E-state index in [0.717, 1.165) is 28.1 Å². The van der Waals surface area contributed by atoms with Crippen molar-refractivity contribution in [2.45, 2.75) is 18.6 Å². The van der Waals surface area contributed by atoms with Gasteiger partial charge in [-0.25, -0.2) is 4.39 Å². The zero-order valence-electron chi connectivity index (χ0n) is 16.6. The number of anilines is 1. The van der Waals surface area contributed by atoms with Crippen molar-refractivity contribution >= 4 is 50.9 Å². The maximum atomic E-state index is 13.0. The van der Waals surface area contributed by atoms with Gasteiger partial charge >= 0.3 is 0 Å². The van der Waals surface area contributed by atoms with E-state index in [4.69, 9.17) is 0 Å². The first-order valence-corrected chi connectivity index (χ1v) is 10.5. The number of halogens is 1. The molecule has 1 aliphatic heterocycles. The number of nitrogens with zero attached hydrogens (tertiary/aromatic N) is 2. The fourth-order valence-electron chi connectivity index (χ4n) is 3.21. The van der Waals surface area contributed by atoms with Crippen molar-refractivity contribution in [3.8, 4) is 0 Å². The van der Waals surface area contributed by atoms with Crippen LogP contribution in [0, 0.1) is 5.82 Å². The topological polar surface area (TPSA) is 82.9 Å². The lowest BCUT2D eigenvalue weighted by Crippen LogP contribution is -2.41. The van der Waals surface area contributed by atoms with E-state index in [1.54, 1.807) is 0 Å². The zero-order chi connectivity index (χ0) is 21.8. The summed E-state index contributed by atoms with van der Waals surface area (Å²) >= 11 is 1.13. The molecule has 0 unspecified atom stereocenters. The van der Waals surface area contributed by atoms with E-state index in [2.05, 4.69) is 20.8 Å². The van der Waals surface area contributed by atoms with Gasteiger partial charge in [-0.05, 0) is 42.0 Å². The molecule has 2 amide bonds. The number of amidine groups is 1. The maximum absolute atomic E-state index is 13.0. The number of rotatable bonds is 4. The Labute approximate surface area is 182 Å². The van der Waals surface area contributed by atoms with Crippen LogP contribution in [-0.2, 0) is 9.59 Å². The Hall–Kier alpha value is -3.52. The summed E-state index contributed by atoms with van der Waals surface area (Å²) < 4.78 is 13.0. The normalized spacial score (nSPS) is 18.1. The Bertz CT molecular complexity index is 1200. The fraction of sp³-hybridized carbons (Fsp3) is 0.130. The summed E-state index contributed by atoms with van der Waals surface area (Å²) in [4.78, 5) is 24.6. The predicted molar refractivity (Wildman–Crippen MR) is 123 cm³/mol. The molecule has 156 valence electrons. The minimum Gasteiger partial charge on any atom is -0.325 e. The molecule has 1 atom stereocenters. The summed E-state index contributed by atoms with van der Waals surface area (Å²) in [6, 6.07) is 19.4. The molecular formula is C23H19FN4O2S. The third-order valence-electron chi connectivity index (χ3n) is 4.75. The molecule has 0 spiro atoms. The molecule has 6 nitrogen and oxygen atoms in total. The lowest BCUT2D eigenvalue weighted by atomic mass is 10.0. The van der Waals surface area contributed by atoms with E-state index in [-0.39, 0.29) is 23.4 Å². The highest BCUT2D eigenvalue weighted by Gasteiger charge is 2.30. The Morgan fingerprint density at radius 2 is 1.84 bits per heavy atom. The zero-order valence-corrected chi connectivity index (χ0v) is 17.4. The van der Waals surface area contributed by atoms with E-state index in [1.165, 1.54) is 24.3 Å². The molecule has 0 saturated carbocycles. The largest absolute Gasteiger partial charge is 0.325 e. The Balaban J connectivity index is 1.51. The van der Waals surface area contributed by atoms with Crippen LogP contribution >= 0.6 is 11.8 Å². The number of fused-ring (bicyclic) bond motifs is 1. The smallest absolute Gasteiger partial charge is 0.238 e. The summed E-state index contributed by atoms with van der Waals surface area (Å²) in [5.74, 6) is -1.05. The summed E-state index contributed by atoms with van der Waals surface area (Å²) in [6.45, 7) is 1.85. The number of benzene rings is 3. The van der Waals surface area contributed by atoms with Gasteiger partial charge in [-0.15, -0.1) is 5.10 Å². The number of nitrogens with one attached hydrogen (secondary N) is 2. The minimum absolute atomic E-state index is 0.0166. The number of carbonyl (C=O) groups is 2. The van der Waals surface area contributed by atoms with Gasteiger partial charge in [0.05, 0.1) is 5.71 Å². The van der Waals surface area contributed by atoms with Crippen molar-refractivity contribution in [3.05, 3.63) is 78.1 Å². The van der Waals surface area contributed by atoms with Gasteiger partial charge in [-0.2, -0.15) is 5.10 Å². The van der Waals surface area contributed by atoms with Crippen LogP contribution in [0.5, 0.6) is 0 Å². The SMILES string of the molecule is C/C(=N/N=C1\NC(=O)C[C@H](C(=O)Nc2ccc(F)cc2)S1)c1cccc2ccccc12. The fourth-order valence-corrected chi connectivity index (χ4v) is 4.14. The second kappa shape index (κ2) is 9.09. The monoisotopic (exact) mass is 434 g/mol. The van der Waals surface area contributed by atoms with Gasteiger partial charge in [0.25, 0.3) is 0 Å². The average molecular weight is 434 g/mol. The lowest BCUT2D eigenvalue weighted by molar-refractivity contribution is -0.123. The number of amides is 2. The number of hydrogen-bond acceptors (Lipinski definition) is 5. The Morgan fingerprint density at radius 3 is 2.65 bits per heavy atom. The van der Waals surface area contributed by atoms with Gasteiger partial charge in [0, 0.05) is 17.7 Å². The van der Waals surface area contributed by atoms with E-state index in [1.807, 2.05) is 49.4 Å². The molecule has 0 aliphatic carbocycles. The van der Waals surface area contributed by atoms with Crippen LogP contribution < -0.4 is 10.6 Å². The average Bonchev–Trinajstić information content (AvgIpc) is 2.78. The van der Waals surface area contributed by atoms with E-state index < -0.39 is 11.1 Å². The van der Waals surface area contributed by atoms with Gasteiger partial charge in [0.2, 0.25) is 11.8 Å². The third-order valence-corrected chi connectivity index (χ3v) is 5.82. The molecule has 8 heteroatoms. The Kier molecular flexibility index (Phi) is 6.08. The molecule has 3 aromatic carbocycles. The molecule has 4 rings (SSSR count). The predicted octanol–water partition coefficient (Wildman–Crippen LogP) is 4.32. The van der Waals surface area contributed by atoms with Gasteiger partial charge in [-0.3, -0.25) is 9.59 Å². The molecule has 1 heterocycles. The van der Waals surface area contributed by atoms with Gasteiger partial charge in [-0.1, -0.05) is 54.2 Å². The number of carbonyl (C=O) groups excluding carboxylic acids is 2. The maximum Gasteiger partial charge on any atom is 0.238 e. The highest BCUT2D eigenvalue weighted by molar-refractivity contribution is 8.15. The van der Waals surface area contributed by atoms with Crippen LogP contribution in [-0.4, -0.2) is 27.9 Å². The van der Waals surface area contributed by atoms with Crippen LogP contribution in [0.25, 0.3) is 10.8 Å². The number of hydrogen-bond donors (Lipinski definition) is 2. The van der Waals surface area contributed by atoms with Crippen molar-refractivity contribution < 1.29 is 14.0 Å². The Morgan fingerprint density at radius 1 is 1.10 bits per heavy atom. The van der Waals surface area contributed by atoms with Crippen LogP contribution in [0.15, 0.2) is 76.9 Å². The molecular weight excluding hydrogens is 415 g/mol. The van der Waals surface area contributed by atoms with E-state index >= 15 is 0 Å².